The fourth-order valence-electron chi connectivity index (χ4n) is 2.67. The van der Waals surface area contributed by atoms with E-state index < -0.39 is 0 Å². The van der Waals surface area contributed by atoms with Crippen LogP contribution in [0.25, 0.3) is 0 Å². The van der Waals surface area contributed by atoms with E-state index in [2.05, 4.69) is 28.2 Å². The summed E-state index contributed by atoms with van der Waals surface area (Å²) in [7, 11) is 0. The van der Waals surface area contributed by atoms with Crippen LogP contribution < -0.4 is 5.32 Å². The molecule has 0 spiro atoms. The van der Waals surface area contributed by atoms with E-state index in [1.807, 2.05) is 30.0 Å². The highest BCUT2D eigenvalue weighted by Gasteiger charge is 2.25. The molecule has 1 N–H and O–H groups in total. The topological polar surface area (TPSA) is 32.3 Å². The smallest absolute Gasteiger partial charge is 0.254 e. The second-order valence-corrected chi connectivity index (χ2v) is 5.95. The summed E-state index contributed by atoms with van der Waals surface area (Å²) >= 11 is 3.45. The van der Waals surface area contributed by atoms with Gasteiger partial charge in [0.1, 0.15) is 0 Å². The highest BCUT2D eigenvalue weighted by Crippen LogP contribution is 2.21. The Morgan fingerprint density at radius 2 is 2.11 bits per heavy atom. The lowest BCUT2D eigenvalue weighted by atomic mass is 10.0. The van der Waals surface area contributed by atoms with Crippen LogP contribution in [0.5, 0.6) is 0 Å². The van der Waals surface area contributed by atoms with Crippen LogP contribution in [0, 0.1) is 6.92 Å². The van der Waals surface area contributed by atoms with E-state index >= 15 is 0 Å². The number of carbonyl (C=O) groups excluding carboxylic acids is 1. The van der Waals surface area contributed by atoms with Gasteiger partial charge in [-0.05, 0) is 57.5 Å². The fraction of sp³-hybridized carbons (Fsp3) is 0.533. The van der Waals surface area contributed by atoms with Gasteiger partial charge < -0.3 is 10.2 Å². The molecule has 4 heteroatoms. The zero-order valence-electron chi connectivity index (χ0n) is 11.6. The summed E-state index contributed by atoms with van der Waals surface area (Å²) in [5.74, 6) is 0.160. The lowest BCUT2D eigenvalue weighted by Gasteiger charge is -2.34. The molecule has 1 aromatic carbocycles. The first-order valence-electron chi connectivity index (χ1n) is 6.91. The van der Waals surface area contributed by atoms with Crippen molar-refractivity contribution >= 4 is 21.8 Å². The Balaban J connectivity index is 2.22. The van der Waals surface area contributed by atoms with Crippen LogP contribution in [0.3, 0.4) is 0 Å². The van der Waals surface area contributed by atoms with Gasteiger partial charge in [-0.25, -0.2) is 0 Å². The molecule has 0 saturated carbocycles. The lowest BCUT2D eigenvalue weighted by Crippen LogP contribution is -2.46. The average molecular weight is 325 g/mol. The zero-order valence-corrected chi connectivity index (χ0v) is 13.2. The summed E-state index contributed by atoms with van der Waals surface area (Å²) in [4.78, 5) is 14.8. The molecule has 1 aliphatic rings. The summed E-state index contributed by atoms with van der Waals surface area (Å²) in [5, 5.41) is 3.35. The molecule has 0 bridgehead atoms. The number of hydrogen-bond donors (Lipinski definition) is 1. The van der Waals surface area contributed by atoms with Crippen molar-refractivity contribution in [3.05, 3.63) is 33.8 Å². The van der Waals surface area contributed by atoms with E-state index in [1.54, 1.807) is 0 Å². The van der Waals surface area contributed by atoms with Gasteiger partial charge in [-0.2, -0.15) is 0 Å². The molecule has 0 unspecified atom stereocenters. The first kappa shape index (κ1) is 14.5. The van der Waals surface area contributed by atoms with E-state index in [0.29, 0.717) is 6.04 Å². The summed E-state index contributed by atoms with van der Waals surface area (Å²) in [6, 6.07) is 6.28. The van der Waals surface area contributed by atoms with E-state index in [0.717, 1.165) is 48.1 Å². The number of piperidine rings is 1. The van der Waals surface area contributed by atoms with Crippen molar-refractivity contribution in [2.24, 2.45) is 0 Å². The molecule has 1 saturated heterocycles. The molecular weight excluding hydrogens is 304 g/mol. The maximum absolute atomic E-state index is 12.7. The molecule has 0 radical (unpaired) electrons. The van der Waals surface area contributed by atoms with Crippen molar-refractivity contribution in [3.63, 3.8) is 0 Å². The van der Waals surface area contributed by atoms with Gasteiger partial charge in [0.25, 0.3) is 5.91 Å². The Kier molecular flexibility index (Phi) is 4.99. The van der Waals surface area contributed by atoms with E-state index in [9.17, 15) is 4.79 Å². The first-order chi connectivity index (χ1) is 9.13. The van der Waals surface area contributed by atoms with Crippen LogP contribution in [-0.4, -0.2) is 36.5 Å². The Hall–Kier alpha value is -0.870. The monoisotopic (exact) mass is 324 g/mol. The number of amides is 1. The summed E-state index contributed by atoms with van der Waals surface area (Å²) in [6.07, 6.45) is 2.10. The number of halogens is 1. The Morgan fingerprint density at radius 1 is 1.42 bits per heavy atom. The van der Waals surface area contributed by atoms with Crippen LogP contribution in [0.15, 0.2) is 22.7 Å². The second kappa shape index (κ2) is 6.53. The molecule has 2 rings (SSSR count). The largest absolute Gasteiger partial charge is 0.336 e. The van der Waals surface area contributed by atoms with Gasteiger partial charge in [0, 0.05) is 22.6 Å². The number of benzene rings is 1. The molecule has 1 amide bonds. The van der Waals surface area contributed by atoms with Crippen LogP contribution in [0.4, 0.5) is 0 Å². The number of aryl methyl sites for hydroxylation is 1. The van der Waals surface area contributed by atoms with Crippen LogP contribution >= 0.6 is 15.9 Å². The second-order valence-electron chi connectivity index (χ2n) is 5.03. The molecule has 3 nitrogen and oxygen atoms in total. The fourth-order valence-corrected chi connectivity index (χ4v) is 3.03. The Labute approximate surface area is 123 Å². The van der Waals surface area contributed by atoms with Gasteiger partial charge in [0.2, 0.25) is 0 Å². The number of nitrogens with zero attached hydrogens (tertiary/aromatic N) is 1. The Bertz CT molecular complexity index is 455. The first-order valence-corrected chi connectivity index (χ1v) is 7.70. The minimum atomic E-state index is 0.160. The van der Waals surface area contributed by atoms with Crippen molar-refractivity contribution in [1.29, 1.82) is 0 Å². The maximum atomic E-state index is 12.7. The van der Waals surface area contributed by atoms with E-state index in [4.69, 9.17) is 0 Å². The van der Waals surface area contributed by atoms with Crippen LogP contribution in [0.1, 0.15) is 35.7 Å². The normalized spacial score (nSPS) is 16.4. The predicted molar refractivity (Wildman–Crippen MR) is 81.5 cm³/mol. The quantitative estimate of drug-likeness (QED) is 0.927. The molecule has 1 fully saturated rings. The zero-order chi connectivity index (χ0) is 13.8. The minimum absolute atomic E-state index is 0.160. The van der Waals surface area contributed by atoms with Crippen LogP contribution in [-0.2, 0) is 0 Å². The number of carbonyl (C=O) groups is 1. The summed E-state index contributed by atoms with van der Waals surface area (Å²) in [5.41, 5.74) is 1.86. The van der Waals surface area contributed by atoms with Gasteiger partial charge in [0.05, 0.1) is 0 Å². The number of hydrogen-bond acceptors (Lipinski definition) is 2. The molecule has 19 heavy (non-hydrogen) atoms. The Morgan fingerprint density at radius 3 is 2.74 bits per heavy atom. The minimum Gasteiger partial charge on any atom is -0.336 e. The molecule has 1 aliphatic heterocycles. The molecule has 1 aromatic rings. The standard InChI is InChI=1S/C15H21BrN2O/c1-3-18(13-6-8-17-9-7-13)15(19)14-10-12(16)5-4-11(14)2/h4-5,10,13,17H,3,6-9H2,1-2H3. The molecule has 0 aliphatic carbocycles. The van der Waals surface area contributed by atoms with Crippen molar-refractivity contribution in [3.8, 4) is 0 Å². The van der Waals surface area contributed by atoms with Crippen molar-refractivity contribution in [2.75, 3.05) is 19.6 Å². The maximum Gasteiger partial charge on any atom is 0.254 e. The van der Waals surface area contributed by atoms with Gasteiger partial charge in [-0.15, -0.1) is 0 Å². The van der Waals surface area contributed by atoms with Crippen molar-refractivity contribution < 1.29 is 4.79 Å². The average Bonchev–Trinajstić information content (AvgIpc) is 2.43. The molecule has 0 aromatic heterocycles. The van der Waals surface area contributed by atoms with Gasteiger partial charge in [-0.1, -0.05) is 22.0 Å². The summed E-state index contributed by atoms with van der Waals surface area (Å²) < 4.78 is 0.961. The third kappa shape index (κ3) is 3.37. The number of rotatable bonds is 3. The van der Waals surface area contributed by atoms with Gasteiger partial charge >= 0.3 is 0 Å². The third-order valence-electron chi connectivity index (χ3n) is 3.78. The molecule has 1 heterocycles. The summed E-state index contributed by atoms with van der Waals surface area (Å²) in [6.45, 7) is 6.84. The molecule has 104 valence electrons. The lowest BCUT2D eigenvalue weighted by molar-refractivity contribution is 0.0655. The van der Waals surface area contributed by atoms with Gasteiger partial charge in [-0.3, -0.25) is 4.79 Å². The van der Waals surface area contributed by atoms with E-state index in [1.165, 1.54) is 0 Å². The molecule has 0 atom stereocenters. The van der Waals surface area contributed by atoms with Crippen LogP contribution in [0.2, 0.25) is 0 Å². The predicted octanol–water partition coefficient (Wildman–Crippen LogP) is 2.97. The van der Waals surface area contributed by atoms with Gasteiger partial charge in [0.15, 0.2) is 0 Å². The van der Waals surface area contributed by atoms with E-state index in [-0.39, 0.29) is 5.91 Å². The third-order valence-corrected chi connectivity index (χ3v) is 4.27. The highest BCUT2D eigenvalue weighted by atomic mass is 79.9. The SMILES string of the molecule is CCN(C(=O)c1cc(Br)ccc1C)C1CCNCC1. The van der Waals surface area contributed by atoms with Crippen molar-refractivity contribution in [1.82, 2.24) is 10.2 Å². The number of nitrogens with one attached hydrogen (secondary N) is 1. The molecular formula is C15H21BrN2O. The van der Waals surface area contributed by atoms with Crippen molar-refractivity contribution in [2.45, 2.75) is 32.7 Å². The highest BCUT2D eigenvalue weighted by molar-refractivity contribution is 9.10.